The second kappa shape index (κ2) is 5.77. The van der Waals surface area contributed by atoms with Gasteiger partial charge in [0.1, 0.15) is 6.29 Å². The molecule has 2 nitrogen and oxygen atoms in total. The van der Waals surface area contributed by atoms with Crippen molar-refractivity contribution in [1.82, 2.24) is 0 Å². The van der Waals surface area contributed by atoms with Crippen LogP contribution >= 0.6 is 0 Å². The van der Waals surface area contributed by atoms with Gasteiger partial charge in [-0.25, -0.2) is 0 Å². The summed E-state index contributed by atoms with van der Waals surface area (Å²) in [5.74, 6) is 0.660. The molecule has 1 aromatic carbocycles. The number of hydrogen-bond donors (Lipinski definition) is 0. The third-order valence-electron chi connectivity index (χ3n) is 4.09. The van der Waals surface area contributed by atoms with Crippen molar-refractivity contribution in [2.24, 2.45) is 11.3 Å². The van der Waals surface area contributed by atoms with Crippen molar-refractivity contribution in [3.63, 3.8) is 0 Å². The summed E-state index contributed by atoms with van der Waals surface area (Å²) in [6.45, 7) is 8.43. The van der Waals surface area contributed by atoms with Crippen molar-refractivity contribution in [3.8, 4) is 0 Å². The van der Waals surface area contributed by atoms with Crippen LogP contribution in [0.5, 0.6) is 0 Å². The Hall–Kier alpha value is -1.31. The molecule has 0 bridgehead atoms. The maximum absolute atomic E-state index is 11.5. The number of carbonyl (C=O) groups excluding carboxylic acids is 1. The SMILES string of the molecule is CCCC(C)(C=O)CN1CC(C)Cc2ccccc21. The first-order chi connectivity index (χ1) is 9.08. The van der Waals surface area contributed by atoms with Crippen LogP contribution in [0.4, 0.5) is 5.69 Å². The van der Waals surface area contributed by atoms with Crippen LogP contribution in [0.15, 0.2) is 24.3 Å². The summed E-state index contributed by atoms with van der Waals surface area (Å²) in [6.07, 6.45) is 4.32. The molecule has 104 valence electrons. The van der Waals surface area contributed by atoms with Crippen LogP contribution in [-0.4, -0.2) is 19.4 Å². The molecule has 2 rings (SSSR count). The highest BCUT2D eigenvalue weighted by atomic mass is 16.1. The topological polar surface area (TPSA) is 20.3 Å². The lowest BCUT2D eigenvalue weighted by Crippen LogP contribution is -2.42. The standard InChI is InChI=1S/C17H25NO/c1-4-9-17(3,13-19)12-18-11-14(2)10-15-7-5-6-8-16(15)18/h5-8,13-14H,4,9-12H2,1-3H3. The second-order valence-corrected chi connectivity index (χ2v) is 6.34. The van der Waals surface area contributed by atoms with E-state index in [0.717, 1.165) is 38.6 Å². The van der Waals surface area contributed by atoms with Gasteiger partial charge in [-0.05, 0) is 30.4 Å². The average molecular weight is 259 g/mol. The van der Waals surface area contributed by atoms with E-state index in [1.54, 1.807) is 0 Å². The largest absolute Gasteiger partial charge is 0.370 e. The van der Waals surface area contributed by atoms with Gasteiger partial charge in [-0.2, -0.15) is 0 Å². The zero-order valence-corrected chi connectivity index (χ0v) is 12.4. The van der Waals surface area contributed by atoms with Gasteiger partial charge in [0.2, 0.25) is 0 Å². The summed E-state index contributed by atoms with van der Waals surface area (Å²) >= 11 is 0. The van der Waals surface area contributed by atoms with Crippen LogP contribution in [0, 0.1) is 11.3 Å². The molecule has 1 heterocycles. The van der Waals surface area contributed by atoms with Crippen LogP contribution in [0.3, 0.4) is 0 Å². The van der Waals surface area contributed by atoms with Gasteiger partial charge in [-0.15, -0.1) is 0 Å². The monoisotopic (exact) mass is 259 g/mol. The Kier molecular flexibility index (Phi) is 4.28. The van der Waals surface area contributed by atoms with E-state index in [2.05, 4.69) is 49.9 Å². The minimum absolute atomic E-state index is 0.223. The Bertz CT molecular complexity index is 443. The first kappa shape index (κ1) is 14.1. The van der Waals surface area contributed by atoms with Gasteiger partial charge in [0.15, 0.2) is 0 Å². The highest BCUT2D eigenvalue weighted by molar-refractivity contribution is 5.62. The highest BCUT2D eigenvalue weighted by Crippen LogP contribution is 2.33. The zero-order chi connectivity index (χ0) is 13.9. The predicted molar refractivity (Wildman–Crippen MR) is 80.6 cm³/mol. The molecular formula is C17H25NO. The predicted octanol–water partition coefficient (Wildman–Crippen LogP) is 3.69. The highest BCUT2D eigenvalue weighted by Gasteiger charge is 2.29. The van der Waals surface area contributed by atoms with Gasteiger partial charge in [0, 0.05) is 24.2 Å². The van der Waals surface area contributed by atoms with Crippen LogP contribution in [0.25, 0.3) is 0 Å². The summed E-state index contributed by atoms with van der Waals surface area (Å²) in [4.78, 5) is 13.9. The number of nitrogens with zero attached hydrogens (tertiary/aromatic N) is 1. The summed E-state index contributed by atoms with van der Waals surface area (Å²) in [6, 6.07) is 8.62. The number of aldehydes is 1. The average Bonchev–Trinajstić information content (AvgIpc) is 2.39. The number of para-hydroxylation sites is 1. The maximum atomic E-state index is 11.5. The number of benzene rings is 1. The van der Waals surface area contributed by atoms with Gasteiger partial charge in [-0.1, -0.05) is 45.4 Å². The third-order valence-corrected chi connectivity index (χ3v) is 4.09. The van der Waals surface area contributed by atoms with Crippen molar-refractivity contribution in [2.45, 2.75) is 40.0 Å². The van der Waals surface area contributed by atoms with Gasteiger partial charge < -0.3 is 9.69 Å². The fraction of sp³-hybridized carbons (Fsp3) is 0.588. The van der Waals surface area contributed by atoms with Gasteiger partial charge in [0.05, 0.1) is 0 Å². The minimum Gasteiger partial charge on any atom is -0.370 e. The molecule has 2 heteroatoms. The zero-order valence-electron chi connectivity index (χ0n) is 12.4. The van der Waals surface area contributed by atoms with E-state index in [-0.39, 0.29) is 5.41 Å². The molecule has 0 N–H and O–H groups in total. The lowest BCUT2D eigenvalue weighted by Gasteiger charge is -2.39. The van der Waals surface area contributed by atoms with Gasteiger partial charge in [0.25, 0.3) is 0 Å². The molecule has 0 aliphatic carbocycles. The number of rotatable bonds is 5. The molecule has 2 atom stereocenters. The Morgan fingerprint density at radius 3 is 2.84 bits per heavy atom. The lowest BCUT2D eigenvalue weighted by atomic mass is 9.84. The smallest absolute Gasteiger partial charge is 0.127 e. The molecule has 0 amide bonds. The molecule has 0 fully saturated rings. The molecule has 0 radical (unpaired) electrons. The summed E-state index contributed by atoms with van der Waals surface area (Å²) in [5, 5.41) is 0. The normalized spacial score (nSPS) is 21.6. The van der Waals surface area contributed by atoms with Crippen LogP contribution in [0.2, 0.25) is 0 Å². The van der Waals surface area contributed by atoms with Crippen LogP contribution in [0.1, 0.15) is 39.2 Å². The maximum Gasteiger partial charge on any atom is 0.127 e. The first-order valence-electron chi connectivity index (χ1n) is 7.37. The Morgan fingerprint density at radius 1 is 1.42 bits per heavy atom. The molecule has 1 aromatic rings. The van der Waals surface area contributed by atoms with E-state index in [9.17, 15) is 4.79 Å². The van der Waals surface area contributed by atoms with E-state index in [0.29, 0.717) is 5.92 Å². The van der Waals surface area contributed by atoms with Crippen LogP contribution < -0.4 is 4.90 Å². The molecule has 0 saturated carbocycles. The lowest BCUT2D eigenvalue weighted by molar-refractivity contribution is -0.115. The van der Waals surface area contributed by atoms with E-state index in [4.69, 9.17) is 0 Å². The van der Waals surface area contributed by atoms with Crippen molar-refractivity contribution in [1.29, 1.82) is 0 Å². The number of carbonyl (C=O) groups is 1. The minimum atomic E-state index is -0.223. The molecule has 0 saturated heterocycles. The molecule has 2 unspecified atom stereocenters. The van der Waals surface area contributed by atoms with Crippen molar-refractivity contribution >= 4 is 12.0 Å². The van der Waals surface area contributed by atoms with E-state index < -0.39 is 0 Å². The molecule has 1 aliphatic heterocycles. The van der Waals surface area contributed by atoms with Gasteiger partial charge >= 0.3 is 0 Å². The van der Waals surface area contributed by atoms with Crippen LogP contribution in [-0.2, 0) is 11.2 Å². The fourth-order valence-corrected chi connectivity index (χ4v) is 3.24. The first-order valence-corrected chi connectivity index (χ1v) is 7.37. The second-order valence-electron chi connectivity index (χ2n) is 6.34. The Morgan fingerprint density at radius 2 is 2.16 bits per heavy atom. The molecule has 19 heavy (non-hydrogen) atoms. The van der Waals surface area contributed by atoms with E-state index in [1.165, 1.54) is 11.3 Å². The number of anilines is 1. The fourth-order valence-electron chi connectivity index (χ4n) is 3.24. The quantitative estimate of drug-likeness (QED) is 0.752. The summed E-state index contributed by atoms with van der Waals surface area (Å²) in [7, 11) is 0. The van der Waals surface area contributed by atoms with E-state index >= 15 is 0 Å². The summed E-state index contributed by atoms with van der Waals surface area (Å²) < 4.78 is 0. The number of hydrogen-bond acceptors (Lipinski definition) is 2. The van der Waals surface area contributed by atoms with E-state index in [1.807, 2.05) is 0 Å². The Balaban J connectivity index is 2.23. The van der Waals surface area contributed by atoms with Gasteiger partial charge in [-0.3, -0.25) is 0 Å². The third kappa shape index (κ3) is 3.17. The molecule has 0 spiro atoms. The van der Waals surface area contributed by atoms with Crippen molar-refractivity contribution < 1.29 is 4.79 Å². The summed E-state index contributed by atoms with van der Waals surface area (Å²) in [5.41, 5.74) is 2.52. The molecule has 0 aromatic heterocycles. The Labute approximate surface area is 116 Å². The molecule has 1 aliphatic rings. The van der Waals surface area contributed by atoms with Crippen molar-refractivity contribution in [3.05, 3.63) is 29.8 Å². The van der Waals surface area contributed by atoms with Crippen molar-refractivity contribution in [2.75, 3.05) is 18.0 Å². The number of fused-ring (bicyclic) bond motifs is 1. The molecular weight excluding hydrogens is 234 g/mol.